The molecule has 8 nitrogen and oxygen atoms in total. The summed E-state index contributed by atoms with van der Waals surface area (Å²) >= 11 is 0. The van der Waals surface area contributed by atoms with Crippen molar-refractivity contribution in [2.45, 2.75) is 32.9 Å². The molecular formula is C29H24F4N4O4. The maximum atomic E-state index is 13.8. The second-order valence-corrected chi connectivity index (χ2v) is 10.4. The number of nitrogens with two attached hydrogens (primary N) is 1. The van der Waals surface area contributed by atoms with Crippen LogP contribution in [0.1, 0.15) is 36.3 Å². The van der Waals surface area contributed by atoms with Crippen molar-refractivity contribution in [3.63, 3.8) is 0 Å². The first-order chi connectivity index (χ1) is 19.2. The van der Waals surface area contributed by atoms with E-state index in [1.54, 1.807) is 26.0 Å². The molecule has 41 heavy (non-hydrogen) atoms. The number of benzene rings is 2. The molecule has 0 fully saturated rings. The molecule has 5 rings (SSSR count). The van der Waals surface area contributed by atoms with Crippen LogP contribution in [0.2, 0.25) is 0 Å². The largest absolute Gasteiger partial charge is 0.437 e. The molecule has 12 heteroatoms. The Hall–Kier alpha value is -4.74. The lowest BCUT2D eigenvalue weighted by Crippen LogP contribution is -2.42. The van der Waals surface area contributed by atoms with Crippen molar-refractivity contribution in [2.24, 2.45) is 11.1 Å². The van der Waals surface area contributed by atoms with E-state index in [2.05, 4.69) is 15.3 Å². The van der Waals surface area contributed by atoms with Gasteiger partial charge in [0.1, 0.15) is 5.82 Å². The molecule has 0 unspecified atom stereocenters. The third-order valence-corrected chi connectivity index (χ3v) is 6.90. The van der Waals surface area contributed by atoms with E-state index in [0.29, 0.717) is 10.9 Å². The van der Waals surface area contributed by atoms with Gasteiger partial charge in [-0.25, -0.2) is 9.37 Å². The zero-order valence-corrected chi connectivity index (χ0v) is 21.9. The van der Waals surface area contributed by atoms with Gasteiger partial charge in [0.2, 0.25) is 11.6 Å². The van der Waals surface area contributed by atoms with Gasteiger partial charge in [0.25, 0.3) is 11.5 Å². The lowest BCUT2D eigenvalue weighted by molar-refractivity contribution is -0.134. The first-order valence-corrected chi connectivity index (χ1v) is 12.6. The zero-order valence-electron chi connectivity index (χ0n) is 21.9. The third-order valence-electron chi connectivity index (χ3n) is 6.90. The molecule has 4 N–H and O–H groups in total. The van der Waals surface area contributed by atoms with Crippen LogP contribution in [-0.4, -0.2) is 34.5 Å². The Balaban J connectivity index is 1.65. The lowest BCUT2D eigenvalue weighted by atomic mass is 9.92. The predicted octanol–water partition coefficient (Wildman–Crippen LogP) is 5.36. The van der Waals surface area contributed by atoms with E-state index >= 15 is 0 Å². The number of furan rings is 1. The summed E-state index contributed by atoms with van der Waals surface area (Å²) in [5, 5.41) is 3.40. The highest BCUT2D eigenvalue weighted by Gasteiger charge is 2.29. The topological polar surface area (TPSA) is 131 Å². The zero-order chi connectivity index (χ0) is 29.7. The Kier molecular flexibility index (Phi) is 6.80. The number of alkyl halides is 3. The molecule has 0 aliphatic rings. The van der Waals surface area contributed by atoms with Crippen LogP contribution in [0, 0.1) is 11.2 Å². The average Bonchev–Trinajstić information content (AvgIpc) is 3.28. The van der Waals surface area contributed by atoms with Gasteiger partial charge in [-0.3, -0.25) is 14.4 Å². The highest BCUT2D eigenvalue weighted by molar-refractivity contribution is 6.13. The third kappa shape index (κ3) is 5.49. The quantitative estimate of drug-likeness (QED) is 0.227. The minimum atomic E-state index is -4.46. The van der Waals surface area contributed by atoms with Gasteiger partial charge in [-0.15, -0.1) is 0 Å². The Bertz CT molecular complexity index is 1910. The number of H-pyrrole nitrogens is 1. The van der Waals surface area contributed by atoms with E-state index in [9.17, 15) is 31.9 Å². The summed E-state index contributed by atoms with van der Waals surface area (Å²) in [6.07, 6.45) is -6.12. The van der Waals surface area contributed by atoms with Gasteiger partial charge in [-0.2, -0.15) is 13.2 Å². The molecule has 5 aromatic rings. The molecular weight excluding hydrogens is 544 g/mol. The maximum Gasteiger partial charge on any atom is 0.389 e. The number of rotatable bonds is 7. The fraction of sp³-hybridized carbons (Fsp3) is 0.241. The van der Waals surface area contributed by atoms with E-state index in [1.807, 2.05) is 0 Å². The van der Waals surface area contributed by atoms with Crippen LogP contribution in [0.15, 0.2) is 57.7 Å². The number of halogens is 4. The normalized spacial score (nSPS) is 12.3. The van der Waals surface area contributed by atoms with E-state index in [4.69, 9.17) is 10.2 Å². The van der Waals surface area contributed by atoms with E-state index in [1.165, 1.54) is 30.3 Å². The fourth-order valence-corrected chi connectivity index (χ4v) is 4.50. The lowest BCUT2D eigenvalue weighted by Gasteiger charge is -2.20. The molecule has 0 radical (unpaired) electrons. The van der Waals surface area contributed by atoms with Gasteiger partial charge in [0.15, 0.2) is 5.58 Å². The van der Waals surface area contributed by atoms with Gasteiger partial charge < -0.3 is 20.5 Å². The number of nitrogens with zero attached hydrogens (tertiary/aromatic N) is 1. The van der Waals surface area contributed by atoms with Gasteiger partial charge in [0.05, 0.1) is 27.4 Å². The molecule has 0 saturated carbocycles. The first-order valence-electron chi connectivity index (χ1n) is 12.6. The number of aromatic amines is 1. The molecule has 212 valence electrons. The van der Waals surface area contributed by atoms with Crippen LogP contribution in [0.4, 0.5) is 17.6 Å². The molecule has 0 spiro atoms. The number of primary amides is 1. The molecule has 0 saturated heterocycles. The summed E-state index contributed by atoms with van der Waals surface area (Å²) in [6.45, 7) is 3.13. The highest BCUT2D eigenvalue weighted by Crippen LogP contribution is 2.36. The SMILES string of the molecule is CC(C)(CNC(=O)c1cccc(-c2cc3c(nc2CCC(F)(F)F)oc2c4ccc(F)cc4[nH]c(=O)c32)c1)C(N)=O. The maximum absolute atomic E-state index is 13.8. The number of nitrogens with one attached hydrogen (secondary N) is 2. The van der Waals surface area contributed by atoms with Crippen LogP contribution >= 0.6 is 0 Å². The number of hydrogen-bond donors (Lipinski definition) is 3. The van der Waals surface area contributed by atoms with Crippen LogP contribution in [0.25, 0.3) is 44.1 Å². The summed E-state index contributed by atoms with van der Waals surface area (Å²) in [5.74, 6) is -1.68. The number of carbonyl (C=O) groups is 2. The van der Waals surface area contributed by atoms with Crippen LogP contribution in [0.3, 0.4) is 0 Å². The standard InChI is InChI=1S/C29H24F4N4O4/c1-28(2,27(34)40)13-35-24(38)15-5-3-4-14(10-15)18-12-19-22-23(17-7-6-16(30)11-21(17)36-25(22)39)41-26(19)37-20(18)8-9-29(31,32)33/h3-7,10-12H,8-9,13H2,1-2H3,(H2,34,40)(H,35,38)(H,36,39). The molecule has 0 bridgehead atoms. The van der Waals surface area contributed by atoms with Gasteiger partial charge >= 0.3 is 6.18 Å². The van der Waals surface area contributed by atoms with Gasteiger partial charge in [-0.05, 0) is 62.2 Å². The van der Waals surface area contributed by atoms with Crippen LogP contribution in [0.5, 0.6) is 0 Å². The molecule has 3 heterocycles. The van der Waals surface area contributed by atoms with Crippen molar-refractivity contribution in [3.8, 4) is 11.1 Å². The Morgan fingerprint density at radius 1 is 1.07 bits per heavy atom. The summed E-state index contributed by atoms with van der Waals surface area (Å²) in [4.78, 5) is 44.5. The fourth-order valence-electron chi connectivity index (χ4n) is 4.50. The number of hydrogen-bond acceptors (Lipinski definition) is 5. The second-order valence-electron chi connectivity index (χ2n) is 10.4. The van der Waals surface area contributed by atoms with E-state index < -0.39 is 47.6 Å². The smallest absolute Gasteiger partial charge is 0.389 e. The number of amides is 2. The summed E-state index contributed by atoms with van der Waals surface area (Å²) in [5.41, 5.74) is 4.94. The number of aromatic nitrogens is 2. The molecule has 0 aliphatic heterocycles. The highest BCUT2D eigenvalue weighted by atomic mass is 19.4. The summed E-state index contributed by atoms with van der Waals surface area (Å²) in [7, 11) is 0. The van der Waals surface area contributed by atoms with Crippen LogP contribution < -0.4 is 16.6 Å². The number of aryl methyl sites for hydroxylation is 1. The second kappa shape index (κ2) is 10.0. The average molecular weight is 569 g/mol. The number of pyridine rings is 2. The van der Waals surface area contributed by atoms with Crippen molar-refractivity contribution in [1.82, 2.24) is 15.3 Å². The molecule has 3 aromatic heterocycles. The van der Waals surface area contributed by atoms with Crippen molar-refractivity contribution >= 4 is 44.8 Å². The summed E-state index contributed by atoms with van der Waals surface area (Å²) < 4.78 is 59.3. The molecule has 0 aliphatic carbocycles. The van der Waals surface area contributed by atoms with Gasteiger partial charge in [0, 0.05) is 29.5 Å². The molecule has 2 aromatic carbocycles. The van der Waals surface area contributed by atoms with E-state index in [0.717, 1.165) is 6.07 Å². The van der Waals surface area contributed by atoms with Gasteiger partial charge in [-0.1, -0.05) is 12.1 Å². The minimum Gasteiger partial charge on any atom is -0.437 e. The Morgan fingerprint density at radius 2 is 1.83 bits per heavy atom. The number of fused-ring (bicyclic) bond motifs is 5. The van der Waals surface area contributed by atoms with Crippen molar-refractivity contribution in [3.05, 3.63) is 76.0 Å². The Morgan fingerprint density at radius 3 is 2.54 bits per heavy atom. The predicted molar refractivity (Wildman–Crippen MR) is 145 cm³/mol. The minimum absolute atomic E-state index is 0.0304. The summed E-state index contributed by atoms with van der Waals surface area (Å²) in [6, 6.07) is 11.4. The van der Waals surface area contributed by atoms with Crippen molar-refractivity contribution in [2.75, 3.05) is 6.54 Å². The Labute approximate surface area is 229 Å². The first kappa shape index (κ1) is 27.8. The van der Waals surface area contributed by atoms with Crippen LogP contribution in [-0.2, 0) is 11.2 Å². The van der Waals surface area contributed by atoms with Crippen molar-refractivity contribution < 1.29 is 31.6 Å². The molecule has 2 amide bonds. The van der Waals surface area contributed by atoms with Crippen molar-refractivity contribution in [1.29, 1.82) is 0 Å². The molecule has 0 atom stereocenters. The number of carbonyl (C=O) groups excluding carboxylic acids is 2. The van der Waals surface area contributed by atoms with E-state index in [-0.39, 0.29) is 51.0 Å². The monoisotopic (exact) mass is 568 g/mol.